The van der Waals surface area contributed by atoms with Crippen molar-refractivity contribution in [3.63, 3.8) is 0 Å². The minimum Gasteiger partial charge on any atom is -0.486 e. The summed E-state index contributed by atoms with van der Waals surface area (Å²) in [6.45, 7) is 10.1. The number of anilines is 1. The van der Waals surface area contributed by atoms with Crippen molar-refractivity contribution in [2.24, 2.45) is 5.92 Å². The summed E-state index contributed by atoms with van der Waals surface area (Å²) in [5, 5.41) is 13.7. The van der Waals surface area contributed by atoms with Gasteiger partial charge in [-0.3, -0.25) is 4.79 Å². The fourth-order valence-corrected chi connectivity index (χ4v) is 4.15. The molecule has 0 aromatic heterocycles. The number of β-amino-alcohol motifs (C(OH)–C–C–N with tert-alkyl or cyclic N) is 1. The van der Waals surface area contributed by atoms with Crippen molar-refractivity contribution in [3.05, 3.63) is 22.2 Å². The Morgan fingerprint density at radius 1 is 1.42 bits per heavy atom. The molecule has 0 saturated carbocycles. The molecule has 0 unspecified atom stereocenters. The van der Waals surface area contributed by atoms with Gasteiger partial charge in [-0.2, -0.15) is 0 Å². The highest BCUT2D eigenvalue weighted by molar-refractivity contribution is 6.33. The average Bonchev–Trinajstić information content (AvgIpc) is 2.97. The van der Waals surface area contributed by atoms with Crippen molar-refractivity contribution >= 4 is 29.3 Å². The molecule has 1 fully saturated rings. The van der Waals surface area contributed by atoms with Crippen molar-refractivity contribution in [2.75, 3.05) is 25.4 Å². The fourth-order valence-electron chi connectivity index (χ4n) is 3.93. The van der Waals surface area contributed by atoms with Crippen molar-refractivity contribution in [1.82, 2.24) is 10.2 Å². The molecular weight excluding hydrogens is 422 g/mol. The van der Waals surface area contributed by atoms with Crippen LogP contribution in [-0.2, 0) is 11.2 Å². The predicted octanol–water partition coefficient (Wildman–Crippen LogP) is 2.98. The number of ether oxygens (including phenoxy) is 2. The summed E-state index contributed by atoms with van der Waals surface area (Å²) in [5.74, 6) is -0.0559. The Morgan fingerprint density at radius 3 is 2.71 bits per heavy atom. The topological polar surface area (TPSA) is 114 Å². The molecule has 1 saturated heterocycles. The number of nitrogens with zero attached hydrogens (tertiary/aromatic N) is 1. The Labute approximate surface area is 188 Å². The summed E-state index contributed by atoms with van der Waals surface area (Å²) < 4.78 is 11.3. The molecule has 1 aromatic carbocycles. The lowest BCUT2D eigenvalue weighted by atomic mass is 9.93. The second kappa shape index (κ2) is 8.39. The lowest BCUT2D eigenvalue weighted by molar-refractivity contribution is -0.0122. The van der Waals surface area contributed by atoms with E-state index in [9.17, 15) is 14.7 Å². The van der Waals surface area contributed by atoms with Crippen LogP contribution in [0.1, 0.15) is 57.0 Å². The van der Waals surface area contributed by atoms with Gasteiger partial charge in [0.1, 0.15) is 17.0 Å². The van der Waals surface area contributed by atoms with E-state index in [1.54, 1.807) is 20.8 Å². The highest BCUT2D eigenvalue weighted by Gasteiger charge is 2.37. The minimum absolute atomic E-state index is 0.163. The number of nitrogens with one attached hydrogen (secondary N) is 1. The van der Waals surface area contributed by atoms with Crippen LogP contribution in [0.5, 0.6) is 5.75 Å². The third-order valence-corrected chi connectivity index (χ3v) is 5.81. The maximum Gasteiger partial charge on any atom is 0.410 e. The Bertz CT molecular complexity index is 881. The van der Waals surface area contributed by atoms with Gasteiger partial charge in [-0.1, -0.05) is 11.6 Å². The van der Waals surface area contributed by atoms with Gasteiger partial charge in [0.05, 0.1) is 28.9 Å². The smallest absolute Gasteiger partial charge is 0.410 e. The monoisotopic (exact) mass is 453 g/mol. The van der Waals surface area contributed by atoms with Crippen LogP contribution >= 0.6 is 11.6 Å². The molecule has 8 nitrogen and oxygen atoms in total. The zero-order valence-electron chi connectivity index (χ0n) is 18.8. The first-order chi connectivity index (χ1) is 14.3. The molecule has 9 heteroatoms. The molecule has 3 rings (SSSR count). The van der Waals surface area contributed by atoms with Crippen LogP contribution < -0.4 is 15.8 Å². The molecule has 2 aliphatic rings. The van der Waals surface area contributed by atoms with Gasteiger partial charge in [-0.25, -0.2) is 4.79 Å². The van der Waals surface area contributed by atoms with Crippen molar-refractivity contribution in [2.45, 2.75) is 64.8 Å². The molecule has 1 aromatic rings. The number of benzene rings is 1. The van der Waals surface area contributed by atoms with E-state index in [1.165, 1.54) is 11.0 Å². The van der Waals surface area contributed by atoms with Gasteiger partial charge in [0.15, 0.2) is 0 Å². The van der Waals surface area contributed by atoms with E-state index in [2.05, 4.69) is 5.32 Å². The van der Waals surface area contributed by atoms with Crippen molar-refractivity contribution in [1.29, 1.82) is 0 Å². The van der Waals surface area contributed by atoms with Gasteiger partial charge in [0.2, 0.25) is 0 Å². The average molecular weight is 454 g/mol. The molecule has 4 N–H and O–H groups in total. The number of likely N-dealkylation sites (tertiary alicyclic amines) is 1. The summed E-state index contributed by atoms with van der Waals surface area (Å²) in [7, 11) is 0. The molecule has 2 aliphatic heterocycles. The number of piperidine rings is 1. The number of aliphatic hydroxyl groups is 1. The number of hydrogen-bond acceptors (Lipinski definition) is 6. The van der Waals surface area contributed by atoms with Gasteiger partial charge < -0.3 is 30.5 Å². The first-order valence-corrected chi connectivity index (χ1v) is 10.9. The summed E-state index contributed by atoms with van der Waals surface area (Å²) >= 11 is 6.25. The number of nitrogens with two attached hydrogens (primary N) is 1. The minimum atomic E-state index is -0.766. The van der Waals surface area contributed by atoms with Crippen LogP contribution in [0.15, 0.2) is 6.07 Å². The van der Waals surface area contributed by atoms with E-state index in [1.807, 2.05) is 13.8 Å². The number of carbonyl (C=O) groups excluding carboxylic acids is 2. The SMILES string of the molecule is CC(C)(C)OC(=O)N1CC[C@@H](CNC(=O)c2cc(Cl)c(N)c3c2OC(C)(C)C3)[C@H](O)C1. The summed E-state index contributed by atoms with van der Waals surface area (Å²) in [4.78, 5) is 26.6. The van der Waals surface area contributed by atoms with Crippen LogP contribution in [-0.4, -0.2) is 58.9 Å². The second-order valence-electron chi connectivity index (χ2n) is 9.92. The van der Waals surface area contributed by atoms with Crippen LogP contribution in [0.25, 0.3) is 0 Å². The van der Waals surface area contributed by atoms with E-state index >= 15 is 0 Å². The molecule has 0 aliphatic carbocycles. The Hall–Kier alpha value is -2.19. The lowest BCUT2D eigenvalue weighted by Gasteiger charge is -2.36. The quantitative estimate of drug-likeness (QED) is 0.606. The van der Waals surface area contributed by atoms with Gasteiger partial charge in [0.25, 0.3) is 5.91 Å². The number of rotatable bonds is 3. The standard InChI is InChI=1S/C22H32ClN3O5/c1-21(2,3)31-20(29)26-7-6-12(16(27)11-26)10-25-19(28)13-8-15(23)17(24)14-9-22(4,5)30-18(13)14/h8,12,16,27H,6-7,9-11,24H2,1-5H3,(H,25,28)/t12-,16+/m0/s1. The third-order valence-electron chi connectivity index (χ3n) is 5.50. The molecule has 172 valence electrons. The van der Waals surface area contributed by atoms with Gasteiger partial charge in [-0.05, 0) is 47.1 Å². The first-order valence-electron chi connectivity index (χ1n) is 10.5. The van der Waals surface area contributed by atoms with Crippen LogP contribution in [0.2, 0.25) is 5.02 Å². The highest BCUT2D eigenvalue weighted by Crippen LogP contribution is 2.44. The van der Waals surface area contributed by atoms with Crippen LogP contribution in [0.4, 0.5) is 10.5 Å². The molecular formula is C22H32ClN3O5. The van der Waals surface area contributed by atoms with Gasteiger partial charge in [-0.15, -0.1) is 0 Å². The molecule has 0 spiro atoms. The van der Waals surface area contributed by atoms with E-state index < -0.39 is 23.4 Å². The highest BCUT2D eigenvalue weighted by atomic mass is 35.5. The second-order valence-corrected chi connectivity index (χ2v) is 10.3. The molecule has 2 heterocycles. The number of aliphatic hydroxyl groups excluding tert-OH is 1. The summed E-state index contributed by atoms with van der Waals surface area (Å²) in [5.41, 5.74) is 6.54. The number of carbonyl (C=O) groups is 2. The predicted molar refractivity (Wildman–Crippen MR) is 119 cm³/mol. The van der Waals surface area contributed by atoms with E-state index in [0.29, 0.717) is 41.4 Å². The summed E-state index contributed by atoms with van der Waals surface area (Å²) in [6, 6.07) is 1.52. The van der Waals surface area contributed by atoms with E-state index in [-0.39, 0.29) is 24.9 Å². The maximum absolute atomic E-state index is 12.9. The fraction of sp³-hybridized carbons (Fsp3) is 0.636. The molecule has 2 atom stereocenters. The maximum atomic E-state index is 12.9. The lowest BCUT2D eigenvalue weighted by Crippen LogP contribution is -2.50. The van der Waals surface area contributed by atoms with Crippen molar-refractivity contribution < 1.29 is 24.2 Å². The largest absolute Gasteiger partial charge is 0.486 e. The van der Waals surface area contributed by atoms with E-state index in [4.69, 9.17) is 26.8 Å². The Morgan fingerprint density at radius 2 is 2.10 bits per heavy atom. The first kappa shape index (κ1) is 23.5. The van der Waals surface area contributed by atoms with E-state index in [0.717, 1.165) is 5.56 Å². The molecule has 0 bridgehead atoms. The number of halogens is 1. The molecule has 31 heavy (non-hydrogen) atoms. The number of hydrogen-bond donors (Lipinski definition) is 3. The summed E-state index contributed by atoms with van der Waals surface area (Å²) in [6.07, 6.45) is -0.0971. The zero-order chi connectivity index (χ0) is 23.1. The normalized spacial score (nSPS) is 22.5. The number of nitrogen functional groups attached to an aromatic ring is 1. The zero-order valence-corrected chi connectivity index (χ0v) is 19.5. The molecule has 2 amide bonds. The van der Waals surface area contributed by atoms with Gasteiger partial charge >= 0.3 is 6.09 Å². The van der Waals surface area contributed by atoms with Gasteiger partial charge in [0, 0.05) is 31.0 Å². The Balaban J connectivity index is 1.62. The third kappa shape index (κ3) is 5.36. The van der Waals surface area contributed by atoms with Crippen LogP contribution in [0.3, 0.4) is 0 Å². The Kier molecular flexibility index (Phi) is 6.35. The number of amides is 2. The number of fused-ring (bicyclic) bond motifs is 1. The van der Waals surface area contributed by atoms with Crippen molar-refractivity contribution in [3.8, 4) is 5.75 Å². The van der Waals surface area contributed by atoms with Crippen LogP contribution in [0, 0.1) is 5.92 Å². The molecule has 0 radical (unpaired) electrons.